The third-order valence-electron chi connectivity index (χ3n) is 3.30. The molecule has 0 spiro atoms. The predicted octanol–water partition coefficient (Wildman–Crippen LogP) is 3.75. The van der Waals surface area contributed by atoms with Gasteiger partial charge in [0.05, 0.1) is 5.60 Å². The zero-order valence-corrected chi connectivity index (χ0v) is 11.9. The normalized spacial score (nSPS) is 14.1. The number of likely N-dealkylation sites (N-methyl/N-ethyl adjacent to an activating group) is 1. The molecule has 0 aliphatic carbocycles. The van der Waals surface area contributed by atoms with E-state index in [0.29, 0.717) is 6.04 Å². The lowest BCUT2D eigenvalue weighted by Crippen LogP contribution is -2.47. The Bertz CT molecular complexity index is 157. The van der Waals surface area contributed by atoms with Gasteiger partial charge in [-0.1, -0.05) is 39.0 Å². The summed E-state index contributed by atoms with van der Waals surface area (Å²) in [5, 5.41) is 3.39. The van der Waals surface area contributed by atoms with E-state index in [-0.39, 0.29) is 5.60 Å². The van der Waals surface area contributed by atoms with Crippen LogP contribution in [0.5, 0.6) is 0 Å². The third-order valence-corrected chi connectivity index (χ3v) is 3.30. The van der Waals surface area contributed by atoms with Gasteiger partial charge in [0.15, 0.2) is 0 Å². The molecule has 0 fully saturated rings. The third kappa shape index (κ3) is 6.49. The van der Waals surface area contributed by atoms with E-state index in [1.807, 2.05) is 7.05 Å². The van der Waals surface area contributed by atoms with E-state index in [2.05, 4.69) is 33.0 Å². The molecule has 0 radical (unpaired) electrons. The Labute approximate surface area is 102 Å². The largest absolute Gasteiger partial charge is 0.374 e. The summed E-state index contributed by atoms with van der Waals surface area (Å²) in [5.41, 5.74) is -0.0474. The van der Waals surface area contributed by atoms with Gasteiger partial charge in [0.1, 0.15) is 0 Å². The summed E-state index contributed by atoms with van der Waals surface area (Å²) < 4.78 is 5.80. The molecule has 0 aromatic rings. The Morgan fingerprint density at radius 3 is 2.19 bits per heavy atom. The fourth-order valence-electron chi connectivity index (χ4n) is 2.26. The lowest BCUT2D eigenvalue weighted by molar-refractivity contribution is -0.0388. The Hall–Kier alpha value is -0.0800. The molecule has 0 saturated carbocycles. The number of hydrogen-bond acceptors (Lipinski definition) is 2. The van der Waals surface area contributed by atoms with E-state index in [1.165, 1.54) is 38.5 Å². The average Bonchev–Trinajstić information content (AvgIpc) is 2.23. The molecule has 0 bridgehead atoms. The van der Waals surface area contributed by atoms with Crippen molar-refractivity contribution in [1.82, 2.24) is 5.32 Å². The molecule has 0 saturated heterocycles. The molecule has 2 heteroatoms. The van der Waals surface area contributed by atoms with Gasteiger partial charge in [-0.25, -0.2) is 0 Å². The van der Waals surface area contributed by atoms with Crippen molar-refractivity contribution < 1.29 is 4.74 Å². The zero-order chi connectivity index (χ0) is 12.4. The Morgan fingerprint density at radius 1 is 1.06 bits per heavy atom. The second-order valence-corrected chi connectivity index (χ2v) is 5.08. The number of hydrogen-bond donors (Lipinski definition) is 1. The van der Waals surface area contributed by atoms with Crippen LogP contribution in [0.4, 0.5) is 0 Å². The molecular weight excluding hydrogens is 198 g/mol. The lowest BCUT2D eigenvalue weighted by atomic mass is 9.93. The second-order valence-electron chi connectivity index (χ2n) is 5.08. The van der Waals surface area contributed by atoms with Crippen molar-refractivity contribution in [1.29, 1.82) is 0 Å². The first kappa shape index (κ1) is 15.9. The zero-order valence-electron chi connectivity index (χ0n) is 11.9. The molecule has 0 aliphatic rings. The van der Waals surface area contributed by atoms with Crippen LogP contribution in [0.1, 0.15) is 66.2 Å². The van der Waals surface area contributed by atoms with Crippen molar-refractivity contribution in [3.63, 3.8) is 0 Å². The van der Waals surface area contributed by atoms with Gasteiger partial charge in [0, 0.05) is 12.6 Å². The predicted molar refractivity (Wildman–Crippen MR) is 71.9 cm³/mol. The van der Waals surface area contributed by atoms with E-state index in [1.54, 1.807) is 0 Å². The summed E-state index contributed by atoms with van der Waals surface area (Å²) in [7, 11) is 2.04. The highest BCUT2D eigenvalue weighted by Crippen LogP contribution is 2.20. The average molecular weight is 229 g/mol. The van der Waals surface area contributed by atoms with Crippen LogP contribution in [0.15, 0.2) is 0 Å². The van der Waals surface area contributed by atoms with Gasteiger partial charge in [-0.15, -0.1) is 0 Å². The van der Waals surface area contributed by atoms with Crippen molar-refractivity contribution >= 4 is 0 Å². The van der Waals surface area contributed by atoms with Crippen molar-refractivity contribution in [2.45, 2.75) is 77.9 Å². The van der Waals surface area contributed by atoms with Crippen molar-refractivity contribution in [2.24, 2.45) is 0 Å². The van der Waals surface area contributed by atoms with Gasteiger partial charge in [-0.2, -0.15) is 0 Å². The van der Waals surface area contributed by atoms with E-state index >= 15 is 0 Å². The highest BCUT2D eigenvalue weighted by atomic mass is 16.5. The summed E-state index contributed by atoms with van der Waals surface area (Å²) >= 11 is 0. The molecule has 0 aliphatic heterocycles. The van der Waals surface area contributed by atoms with Crippen molar-refractivity contribution in [3.8, 4) is 0 Å². The van der Waals surface area contributed by atoms with Crippen LogP contribution in [-0.4, -0.2) is 25.3 Å². The Balaban J connectivity index is 3.81. The second kappa shape index (κ2) is 9.00. The van der Waals surface area contributed by atoms with Crippen LogP contribution in [0, 0.1) is 0 Å². The highest BCUT2D eigenvalue weighted by molar-refractivity contribution is 4.84. The van der Waals surface area contributed by atoms with Gasteiger partial charge in [0.25, 0.3) is 0 Å². The SMILES string of the molecule is CCCCCCCC(NC)C(C)(C)OCC. The Kier molecular flexibility index (Phi) is 8.96. The lowest BCUT2D eigenvalue weighted by Gasteiger charge is -2.34. The van der Waals surface area contributed by atoms with Crippen LogP contribution in [0.3, 0.4) is 0 Å². The first-order valence-electron chi connectivity index (χ1n) is 6.89. The van der Waals surface area contributed by atoms with Crippen molar-refractivity contribution in [3.05, 3.63) is 0 Å². The molecule has 16 heavy (non-hydrogen) atoms. The molecule has 2 nitrogen and oxygen atoms in total. The van der Waals surface area contributed by atoms with Gasteiger partial charge in [-0.05, 0) is 34.2 Å². The van der Waals surface area contributed by atoms with Gasteiger partial charge < -0.3 is 10.1 Å². The number of nitrogens with one attached hydrogen (secondary N) is 1. The minimum Gasteiger partial charge on any atom is -0.374 e. The molecule has 1 atom stereocenters. The van der Waals surface area contributed by atoms with E-state index in [0.717, 1.165) is 6.61 Å². The summed E-state index contributed by atoms with van der Waals surface area (Å²) in [6.45, 7) is 9.48. The van der Waals surface area contributed by atoms with Gasteiger partial charge >= 0.3 is 0 Å². The fraction of sp³-hybridized carbons (Fsp3) is 1.00. The summed E-state index contributed by atoms with van der Waals surface area (Å²) in [6.07, 6.45) is 7.95. The molecule has 1 unspecified atom stereocenters. The molecule has 0 rings (SSSR count). The van der Waals surface area contributed by atoms with Crippen LogP contribution >= 0.6 is 0 Å². The standard InChI is InChI=1S/C14H31NO/c1-6-8-9-10-11-12-13(15-5)14(3,4)16-7-2/h13,15H,6-12H2,1-5H3. The molecule has 0 aromatic carbocycles. The molecule has 0 heterocycles. The topological polar surface area (TPSA) is 21.3 Å². The van der Waals surface area contributed by atoms with Crippen LogP contribution in [0.2, 0.25) is 0 Å². The smallest absolute Gasteiger partial charge is 0.0778 e. The fourth-order valence-corrected chi connectivity index (χ4v) is 2.26. The number of unbranched alkanes of at least 4 members (excludes halogenated alkanes) is 4. The summed E-state index contributed by atoms with van der Waals surface area (Å²) in [4.78, 5) is 0. The molecule has 1 N–H and O–H groups in total. The molecule has 98 valence electrons. The minimum absolute atomic E-state index is 0.0474. The quantitative estimate of drug-likeness (QED) is 0.576. The Morgan fingerprint density at radius 2 is 1.69 bits per heavy atom. The van der Waals surface area contributed by atoms with Crippen molar-refractivity contribution in [2.75, 3.05) is 13.7 Å². The highest BCUT2D eigenvalue weighted by Gasteiger charge is 2.27. The minimum atomic E-state index is -0.0474. The number of rotatable bonds is 10. The first-order valence-corrected chi connectivity index (χ1v) is 6.89. The first-order chi connectivity index (χ1) is 7.58. The molecule has 0 amide bonds. The van der Waals surface area contributed by atoms with Gasteiger partial charge in [0.2, 0.25) is 0 Å². The van der Waals surface area contributed by atoms with E-state index in [9.17, 15) is 0 Å². The summed E-state index contributed by atoms with van der Waals surface area (Å²) in [5.74, 6) is 0. The molecule has 0 aromatic heterocycles. The van der Waals surface area contributed by atoms with Crippen LogP contribution in [0.25, 0.3) is 0 Å². The van der Waals surface area contributed by atoms with Gasteiger partial charge in [-0.3, -0.25) is 0 Å². The maximum atomic E-state index is 5.80. The monoisotopic (exact) mass is 229 g/mol. The van der Waals surface area contributed by atoms with E-state index < -0.39 is 0 Å². The van der Waals surface area contributed by atoms with E-state index in [4.69, 9.17) is 4.74 Å². The molecular formula is C14H31NO. The number of ether oxygens (including phenoxy) is 1. The van der Waals surface area contributed by atoms with Crippen LogP contribution < -0.4 is 5.32 Å². The maximum absolute atomic E-state index is 5.80. The van der Waals surface area contributed by atoms with Crippen LogP contribution in [-0.2, 0) is 4.74 Å². The maximum Gasteiger partial charge on any atom is 0.0778 e. The summed E-state index contributed by atoms with van der Waals surface area (Å²) in [6, 6.07) is 0.467.